The quantitative estimate of drug-likeness (QED) is 0.419. The van der Waals surface area contributed by atoms with E-state index in [0.717, 1.165) is 31.1 Å². The molecule has 3 N–H and O–H groups in total. The van der Waals surface area contributed by atoms with E-state index >= 15 is 0 Å². The SMILES string of the molecule is CN=C(NCc1ccco1)NCC1(CO)CC1.I. The smallest absolute Gasteiger partial charge is 0.191 e. The second kappa shape index (κ2) is 6.98. The molecule has 0 aromatic carbocycles. The number of halogens is 1. The van der Waals surface area contributed by atoms with Gasteiger partial charge in [-0.05, 0) is 25.0 Å². The van der Waals surface area contributed by atoms with Crippen molar-refractivity contribution in [3.05, 3.63) is 24.2 Å². The molecule has 0 spiro atoms. The van der Waals surface area contributed by atoms with Gasteiger partial charge < -0.3 is 20.2 Å². The Morgan fingerprint density at radius 3 is 2.78 bits per heavy atom. The van der Waals surface area contributed by atoms with Gasteiger partial charge in [0.1, 0.15) is 5.76 Å². The van der Waals surface area contributed by atoms with Crippen molar-refractivity contribution in [2.24, 2.45) is 10.4 Å². The van der Waals surface area contributed by atoms with Crippen LogP contribution in [-0.2, 0) is 6.54 Å². The van der Waals surface area contributed by atoms with Gasteiger partial charge in [-0.1, -0.05) is 0 Å². The summed E-state index contributed by atoms with van der Waals surface area (Å²) in [6.45, 7) is 1.62. The Kier molecular flexibility index (Phi) is 5.94. The lowest BCUT2D eigenvalue weighted by molar-refractivity contribution is 0.212. The molecule has 0 aliphatic heterocycles. The first-order valence-corrected chi connectivity index (χ1v) is 5.86. The van der Waals surface area contributed by atoms with Gasteiger partial charge in [-0.3, -0.25) is 4.99 Å². The molecule has 1 saturated carbocycles. The number of aliphatic hydroxyl groups is 1. The molecule has 1 aliphatic rings. The van der Waals surface area contributed by atoms with Crippen molar-refractivity contribution in [3.8, 4) is 0 Å². The van der Waals surface area contributed by atoms with Gasteiger partial charge in [0.25, 0.3) is 0 Å². The number of nitrogens with zero attached hydrogens (tertiary/aromatic N) is 1. The highest BCUT2D eigenvalue weighted by atomic mass is 127. The van der Waals surface area contributed by atoms with Crippen LogP contribution in [0.1, 0.15) is 18.6 Å². The second-order valence-corrected chi connectivity index (χ2v) is 4.52. The summed E-state index contributed by atoms with van der Waals surface area (Å²) >= 11 is 0. The number of aliphatic imine (C=N–C) groups is 1. The third kappa shape index (κ3) is 4.16. The molecule has 0 unspecified atom stereocenters. The van der Waals surface area contributed by atoms with Gasteiger partial charge in [-0.2, -0.15) is 0 Å². The average Bonchev–Trinajstić information content (AvgIpc) is 2.96. The molecule has 0 radical (unpaired) electrons. The predicted molar refractivity (Wildman–Crippen MR) is 81.1 cm³/mol. The van der Waals surface area contributed by atoms with E-state index in [1.807, 2.05) is 12.1 Å². The zero-order valence-electron chi connectivity index (χ0n) is 10.5. The molecule has 0 bridgehead atoms. The molecule has 1 heterocycles. The first kappa shape index (κ1) is 15.3. The van der Waals surface area contributed by atoms with Crippen LogP contribution in [0.25, 0.3) is 0 Å². The minimum absolute atomic E-state index is 0. The first-order valence-electron chi connectivity index (χ1n) is 5.86. The molecule has 0 amide bonds. The Morgan fingerprint density at radius 2 is 2.28 bits per heavy atom. The Labute approximate surface area is 124 Å². The minimum atomic E-state index is 0. The third-order valence-corrected chi connectivity index (χ3v) is 3.16. The molecule has 0 saturated heterocycles. The Morgan fingerprint density at radius 1 is 1.50 bits per heavy atom. The lowest BCUT2D eigenvalue weighted by Crippen LogP contribution is -2.40. The van der Waals surface area contributed by atoms with Crippen molar-refractivity contribution in [3.63, 3.8) is 0 Å². The molecule has 102 valence electrons. The van der Waals surface area contributed by atoms with Crippen LogP contribution in [0.2, 0.25) is 0 Å². The van der Waals surface area contributed by atoms with Crippen LogP contribution < -0.4 is 10.6 Å². The zero-order valence-corrected chi connectivity index (χ0v) is 12.8. The average molecular weight is 365 g/mol. The number of nitrogens with one attached hydrogen (secondary N) is 2. The number of aliphatic hydroxyl groups excluding tert-OH is 1. The first-order chi connectivity index (χ1) is 8.28. The molecule has 1 aliphatic carbocycles. The van der Waals surface area contributed by atoms with Crippen molar-refractivity contribution in [1.82, 2.24) is 10.6 Å². The summed E-state index contributed by atoms with van der Waals surface area (Å²) in [7, 11) is 1.73. The molecule has 2 rings (SSSR count). The lowest BCUT2D eigenvalue weighted by Gasteiger charge is -2.15. The fourth-order valence-electron chi connectivity index (χ4n) is 1.64. The maximum absolute atomic E-state index is 9.21. The van der Waals surface area contributed by atoms with Gasteiger partial charge in [0.05, 0.1) is 19.4 Å². The van der Waals surface area contributed by atoms with Crippen LogP contribution in [-0.4, -0.2) is 31.3 Å². The van der Waals surface area contributed by atoms with E-state index < -0.39 is 0 Å². The van der Waals surface area contributed by atoms with Crippen LogP contribution in [0.5, 0.6) is 0 Å². The van der Waals surface area contributed by atoms with E-state index in [1.54, 1.807) is 13.3 Å². The molecular weight excluding hydrogens is 345 g/mol. The monoisotopic (exact) mass is 365 g/mol. The molecule has 1 aromatic rings. The van der Waals surface area contributed by atoms with Crippen molar-refractivity contribution in [2.75, 3.05) is 20.2 Å². The number of furan rings is 1. The van der Waals surface area contributed by atoms with E-state index in [2.05, 4.69) is 15.6 Å². The molecule has 0 atom stereocenters. The maximum Gasteiger partial charge on any atom is 0.191 e. The van der Waals surface area contributed by atoms with Crippen molar-refractivity contribution < 1.29 is 9.52 Å². The molecule has 1 aromatic heterocycles. The highest BCUT2D eigenvalue weighted by molar-refractivity contribution is 14.0. The fraction of sp³-hybridized carbons (Fsp3) is 0.583. The number of rotatable bonds is 5. The van der Waals surface area contributed by atoms with Crippen molar-refractivity contribution in [2.45, 2.75) is 19.4 Å². The number of hydrogen-bond donors (Lipinski definition) is 3. The minimum Gasteiger partial charge on any atom is -0.467 e. The zero-order chi connectivity index (χ0) is 12.1. The second-order valence-electron chi connectivity index (χ2n) is 4.52. The topological polar surface area (TPSA) is 69.8 Å². The number of guanidine groups is 1. The molecule has 6 heteroatoms. The van der Waals surface area contributed by atoms with Crippen molar-refractivity contribution in [1.29, 1.82) is 0 Å². The largest absolute Gasteiger partial charge is 0.467 e. The summed E-state index contributed by atoms with van der Waals surface area (Å²) in [6, 6.07) is 3.77. The Hall–Kier alpha value is -0.760. The van der Waals surface area contributed by atoms with E-state index in [9.17, 15) is 5.11 Å². The highest BCUT2D eigenvalue weighted by Crippen LogP contribution is 2.44. The normalized spacial score (nSPS) is 16.9. The van der Waals surface area contributed by atoms with E-state index in [4.69, 9.17) is 4.42 Å². The molecule has 1 fully saturated rings. The third-order valence-electron chi connectivity index (χ3n) is 3.16. The van der Waals surface area contributed by atoms with Crippen LogP contribution in [0.15, 0.2) is 27.8 Å². The number of hydrogen-bond acceptors (Lipinski definition) is 3. The standard InChI is InChI=1S/C12H19N3O2.HI/c1-13-11(14-7-10-3-2-6-17-10)15-8-12(9-16)4-5-12;/h2-3,6,16H,4-5,7-9H2,1H3,(H2,13,14,15);1H. The van der Waals surface area contributed by atoms with Gasteiger partial charge in [0.15, 0.2) is 5.96 Å². The summed E-state index contributed by atoms with van der Waals surface area (Å²) < 4.78 is 5.22. The van der Waals surface area contributed by atoms with Crippen LogP contribution >= 0.6 is 24.0 Å². The van der Waals surface area contributed by atoms with Gasteiger partial charge in [0, 0.05) is 19.0 Å². The summed E-state index contributed by atoms with van der Waals surface area (Å²) in [5.41, 5.74) is 0.0856. The fourth-order valence-corrected chi connectivity index (χ4v) is 1.64. The van der Waals surface area contributed by atoms with Gasteiger partial charge >= 0.3 is 0 Å². The highest BCUT2D eigenvalue weighted by Gasteiger charge is 2.41. The van der Waals surface area contributed by atoms with Gasteiger partial charge in [0.2, 0.25) is 0 Å². The maximum atomic E-state index is 9.21. The van der Waals surface area contributed by atoms with E-state index in [0.29, 0.717) is 6.54 Å². The van der Waals surface area contributed by atoms with Crippen LogP contribution in [0.4, 0.5) is 0 Å². The van der Waals surface area contributed by atoms with Crippen molar-refractivity contribution >= 4 is 29.9 Å². The molecular formula is C12H20IN3O2. The van der Waals surface area contributed by atoms with Crippen LogP contribution in [0.3, 0.4) is 0 Å². The van der Waals surface area contributed by atoms with E-state index in [1.165, 1.54) is 0 Å². The summed E-state index contributed by atoms with van der Waals surface area (Å²) in [6.07, 6.45) is 3.83. The molecule has 18 heavy (non-hydrogen) atoms. The Balaban J connectivity index is 0.00000162. The summed E-state index contributed by atoms with van der Waals surface area (Å²) in [5, 5.41) is 15.6. The summed E-state index contributed by atoms with van der Waals surface area (Å²) in [4.78, 5) is 4.12. The van der Waals surface area contributed by atoms with Crippen LogP contribution in [0, 0.1) is 5.41 Å². The predicted octanol–water partition coefficient (Wildman–Crippen LogP) is 1.34. The van der Waals surface area contributed by atoms with Gasteiger partial charge in [-0.15, -0.1) is 24.0 Å². The Bertz CT molecular complexity index is 375. The lowest BCUT2D eigenvalue weighted by atomic mass is 10.1. The van der Waals surface area contributed by atoms with Gasteiger partial charge in [-0.25, -0.2) is 0 Å². The molecule has 5 nitrogen and oxygen atoms in total. The summed E-state index contributed by atoms with van der Waals surface area (Å²) in [5.74, 6) is 1.61. The van der Waals surface area contributed by atoms with E-state index in [-0.39, 0.29) is 36.0 Å².